The first-order valence-corrected chi connectivity index (χ1v) is 11.1. The highest BCUT2D eigenvalue weighted by molar-refractivity contribution is 7.91. The average molecular weight is 424 g/mol. The summed E-state index contributed by atoms with van der Waals surface area (Å²) in [5.41, 5.74) is 2.27. The number of halogens is 1. The number of hydrogen-bond donors (Lipinski definition) is 1. The molecule has 3 rings (SSSR count). The quantitative estimate of drug-likeness (QED) is 0.799. The van der Waals surface area contributed by atoms with Crippen LogP contribution in [-0.2, 0) is 15.3 Å². The largest absolute Gasteiger partial charge is 0.314 e. The summed E-state index contributed by atoms with van der Waals surface area (Å²) in [4.78, 5) is 6.86. The third-order valence-corrected chi connectivity index (χ3v) is 6.86. The van der Waals surface area contributed by atoms with E-state index in [0.29, 0.717) is 11.4 Å². The van der Waals surface area contributed by atoms with Crippen LogP contribution in [0, 0.1) is 0 Å². The first-order chi connectivity index (χ1) is 12.8. The highest BCUT2D eigenvalue weighted by Gasteiger charge is 2.26. The van der Waals surface area contributed by atoms with Crippen molar-refractivity contribution in [3.63, 3.8) is 0 Å². The minimum absolute atomic E-state index is 0. The second-order valence-corrected chi connectivity index (χ2v) is 10.2. The molecule has 1 fully saturated rings. The summed E-state index contributed by atoms with van der Waals surface area (Å²) in [6, 6.07) is 11.5. The number of rotatable bonds is 5. The minimum atomic E-state index is -3.31. The van der Waals surface area contributed by atoms with Gasteiger partial charge in [-0.2, -0.15) is 0 Å². The van der Waals surface area contributed by atoms with Crippen molar-refractivity contribution in [2.24, 2.45) is 0 Å². The van der Waals surface area contributed by atoms with Gasteiger partial charge in [0.2, 0.25) is 0 Å². The zero-order chi connectivity index (χ0) is 19.5. The van der Waals surface area contributed by atoms with Crippen molar-refractivity contribution in [3.8, 4) is 0 Å². The fraction of sp³-hybridized carbons (Fsp3) is 0.476. The molecule has 0 bridgehead atoms. The molecule has 1 atom stereocenters. The van der Waals surface area contributed by atoms with E-state index in [9.17, 15) is 8.42 Å². The van der Waals surface area contributed by atoms with Crippen molar-refractivity contribution in [1.82, 2.24) is 15.2 Å². The van der Waals surface area contributed by atoms with Crippen LogP contribution in [0.25, 0.3) is 0 Å². The van der Waals surface area contributed by atoms with Crippen molar-refractivity contribution in [2.75, 3.05) is 31.9 Å². The molecule has 0 amide bonds. The van der Waals surface area contributed by atoms with Gasteiger partial charge in [-0.1, -0.05) is 39.0 Å². The second-order valence-electron chi connectivity index (χ2n) is 8.14. The van der Waals surface area contributed by atoms with Crippen LogP contribution in [0.15, 0.2) is 53.7 Å². The molecular formula is C21H30ClN3O2S. The number of hydrogen-bond acceptors (Lipinski definition) is 5. The number of sulfone groups is 1. The summed E-state index contributed by atoms with van der Waals surface area (Å²) in [7, 11) is -3.31. The van der Waals surface area contributed by atoms with Crippen molar-refractivity contribution in [2.45, 2.75) is 37.1 Å². The molecule has 1 aromatic heterocycles. The Balaban J connectivity index is 0.00000280. The van der Waals surface area contributed by atoms with E-state index in [-0.39, 0.29) is 29.6 Å². The van der Waals surface area contributed by atoms with Crippen LogP contribution in [0.3, 0.4) is 0 Å². The molecule has 0 saturated carbocycles. The molecule has 0 spiro atoms. The lowest BCUT2D eigenvalue weighted by atomic mass is 9.87. The number of pyridine rings is 1. The smallest absolute Gasteiger partial charge is 0.179 e. The second kappa shape index (κ2) is 9.35. The number of benzene rings is 1. The van der Waals surface area contributed by atoms with Crippen molar-refractivity contribution in [3.05, 3.63) is 59.9 Å². The lowest BCUT2D eigenvalue weighted by Gasteiger charge is -2.36. The highest BCUT2D eigenvalue weighted by atomic mass is 35.5. The maximum Gasteiger partial charge on any atom is 0.179 e. The van der Waals surface area contributed by atoms with E-state index in [2.05, 4.69) is 42.0 Å². The first kappa shape index (κ1) is 22.8. The molecule has 1 aromatic carbocycles. The van der Waals surface area contributed by atoms with Crippen LogP contribution < -0.4 is 5.32 Å². The topological polar surface area (TPSA) is 62.3 Å². The Morgan fingerprint density at radius 3 is 2.50 bits per heavy atom. The molecule has 1 aliphatic rings. The van der Waals surface area contributed by atoms with Gasteiger partial charge in [0, 0.05) is 44.6 Å². The molecule has 28 heavy (non-hydrogen) atoms. The molecule has 1 N–H and O–H groups in total. The van der Waals surface area contributed by atoms with Crippen LogP contribution in [0.2, 0.25) is 0 Å². The summed E-state index contributed by atoms with van der Waals surface area (Å²) in [5, 5.41) is 3.39. The first-order valence-electron chi connectivity index (χ1n) is 9.45. The highest BCUT2D eigenvalue weighted by Crippen LogP contribution is 2.25. The van der Waals surface area contributed by atoms with Crippen LogP contribution in [0.1, 0.15) is 37.9 Å². The molecule has 1 aliphatic heterocycles. The monoisotopic (exact) mass is 423 g/mol. The van der Waals surface area contributed by atoms with Gasteiger partial charge in [-0.05, 0) is 34.7 Å². The molecule has 1 unspecified atom stereocenters. The molecule has 7 heteroatoms. The van der Waals surface area contributed by atoms with Gasteiger partial charge in [0.1, 0.15) is 0 Å². The van der Waals surface area contributed by atoms with Crippen molar-refractivity contribution < 1.29 is 8.42 Å². The van der Waals surface area contributed by atoms with E-state index in [1.54, 1.807) is 18.3 Å². The average Bonchev–Trinajstić information content (AvgIpc) is 2.67. The van der Waals surface area contributed by atoms with Crippen LogP contribution in [0.5, 0.6) is 0 Å². The third kappa shape index (κ3) is 5.54. The summed E-state index contributed by atoms with van der Waals surface area (Å²) >= 11 is 0. The SMILES string of the molecule is CC(C)(C)c1ccc(S(=O)(=O)CCN2CCNCC2c2cccnc2)cc1.Cl. The molecule has 2 aromatic rings. The normalized spacial score (nSPS) is 18.5. The summed E-state index contributed by atoms with van der Waals surface area (Å²) < 4.78 is 25.6. The van der Waals surface area contributed by atoms with Gasteiger partial charge < -0.3 is 5.32 Å². The zero-order valence-corrected chi connectivity index (χ0v) is 18.4. The van der Waals surface area contributed by atoms with Crippen molar-refractivity contribution >= 4 is 22.2 Å². The number of nitrogens with one attached hydrogen (secondary N) is 1. The fourth-order valence-corrected chi connectivity index (χ4v) is 4.69. The maximum atomic E-state index is 12.8. The Bertz CT molecular complexity index is 849. The Morgan fingerprint density at radius 1 is 1.18 bits per heavy atom. The van der Waals surface area contributed by atoms with E-state index >= 15 is 0 Å². The van der Waals surface area contributed by atoms with Crippen LogP contribution >= 0.6 is 12.4 Å². The van der Waals surface area contributed by atoms with Gasteiger partial charge in [0.25, 0.3) is 0 Å². The molecule has 1 saturated heterocycles. The van der Waals surface area contributed by atoms with Crippen LogP contribution in [0.4, 0.5) is 0 Å². The molecule has 2 heterocycles. The van der Waals surface area contributed by atoms with E-state index in [0.717, 1.165) is 30.8 Å². The lowest BCUT2D eigenvalue weighted by molar-refractivity contribution is 0.171. The molecular weight excluding hydrogens is 394 g/mol. The number of aromatic nitrogens is 1. The van der Waals surface area contributed by atoms with E-state index in [1.165, 1.54) is 0 Å². The maximum absolute atomic E-state index is 12.8. The third-order valence-electron chi connectivity index (χ3n) is 5.15. The predicted octanol–water partition coefficient (Wildman–Crippen LogP) is 3.22. The standard InChI is InChI=1S/C21H29N3O2S.ClH/c1-21(2,3)18-6-8-19(9-7-18)27(25,26)14-13-24-12-11-23-16-20(24)17-5-4-10-22-15-17;/h4-10,15,20,23H,11-14,16H2,1-3H3;1H. The van der Waals surface area contributed by atoms with Crippen LogP contribution in [-0.4, -0.2) is 50.2 Å². The zero-order valence-electron chi connectivity index (χ0n) is 16.8. The van der Waals surface area contributed by atoms with Gasteiger partial charge in [-0.3, -0.25) is 9.88 Å². The molecule has 154 valence electrons. The van der Waals surface area contributed by atoms with E-state index < -0.39 is 9.84 Å². The van der Waals surface area contributed by atoms with E-state index in [1.807, 2.05) is 24.4 Å². The summed E-state index contributed by atoms with van der Waals surface area (Å²) in [5.74, 6) is 0.124. The minimum Gasteiger partial charge on any atom is -0.314 e. The Kier molecular flexibility index (Phi) is 7.62. The molecule has 0 radical (unpaired) electrons. The predicted molar refractivity (Wildman–Crippen MR) is 116 cm³/mol. The number of nitrogens with zero attached hydrogens (tertiary/aromatic N) is 2. The van der Waals surface area contributed by atoms with Gasteiger partial charge in [0.15, 0.2) is 9.84 Å². The Hall–Kier alpha value is -1.47. The molecule has 5 nitrogen and oxygen atoms in total. The van der Waals surface area contributed by atoms with Gasteiger partial charge in [0.05, 0.1) is 10.6 Å². The van der Waals surface area contributed by atoms with Crippen molar-refractivity contribution in [1.29, 1.82) is 0 Å². The fourth-order valence-electron chi connectivity index (χ4n) is 3.43. The van der Waals surface area contributed by atoms with Gasteiger partial charge in [-0.15, -0.1) is 12.4 Å². The Morgan fingerprint density at radius 2 is 1.89 bits per heavy atom. The molecule has 0 aliphatic carbocycles. The van der Waals surface area contributed by atoms with Gasteiger partial charge >= 0.3 is 0 Å². The van der Waals surface area contributed by atoms with Gasteiger partial charge in [-0.25, -0.2) is 8.42 Å². The van der Waals surface area contributed by atoms with E-state index in [4.69, 9.17) is 0 Å². The summed E-state index contributed by atoms with van der Waals surface area (Å²) in [6.07, 6.45) is 3.63. The Labute approximate surface area is 174 Å². The summed E-state index contributed by atoms with van der Waals surface area (Å²) in [6.45, 7) is 9.41. The lowest BCUT2D eigenvalue weighted by Crippen LogP contribution is -2.47. The number of piperazine rings is 1.